The molecule has 2 rings (SSSR count). The first-order valence-electron chi connectivity index (χ1n) is 5.85. The van der Waals surface area contributed by atoms with E-state index in [1.54, 1.807) is 36.5 Å². The fourth-order valence-electron chi connectivity index (χ4n) is 1.54. The van der Waals surface area contributed by atoms with Gasteiger partial charge in [-0.25, -0.2) is 0 Å². The Labute approximate surface area is 126 Å². The first kappa shape index (κ1) is 14.6. The van der Waals surface area contributed by atoms with Crippen molar-refractivity contribution in [2.75, 3.05) is 11.9 Å². The number of ether oxygens (including phenoxy) is 1. The molecule has 0 aliphatic rings. The van der Waals surface area contributed by atoms with Crippen LogP contribution in [0.15, 0.2) is 36.5 Å². The Bertz CT molecular complexity index is 632. The first-order valence-corrected chi connectivity index (χ1v) is 6.60. The van der Waals surface area contributed by atoms with Gasteiger partial charge in [0.2, 0.25) is 0 Å². The number of carbonyl (C=O) groups excluding carboxylic acids is 1. The lowest BCUT2D eigenvalue weighted by Crippen LogP contribution is -2.20. The summed E-state index contributed by atoms with van der Waals surface area (Å²) in [4.78, 5) is 15.8. The van der Waals surface area contributed by atoms with E-state index in [-0.39, 0.29) is 12.5 Å². The van der Waals surface area contributed by atoms with Crippen LogP contribution < -0.4 is 10.1 Å². The van der Waals surface area contributed by atoms with Crippen molar-refractivity contribution in [3.05, 3.63) is 52.3 Å². The number of halogens is 2. The molecule has 0 bridgehead atoms. The molecule has 0 fully saturated rings. The molecular formula is C14H12Cl2N2O2. The maximum absolute atomic E-state index is 11.7. The van der Waals surface area contributed by atoms with Crippen LogP contribution in [0.2, 0.25) is 10.0 Å². The van der Waals surface area contributed by atoms with Gasteiger partial charge >= 0.3 is 0 Å². The normalized spacial score (nSPS) is 10.2. The zero-order valence-corrected chi connectivity index (χ0v) is 12.2. The second-order valence-electron chi connectivity index (χ2n) is 4.10. The number of pyridine rings is 1. The quantitative estimate of drug-likeness (QED) is 0.936. The maximum Gasteiger partial charge on any atom is 0.262 e. The second kappa shape index (κ2) is 6.59. The van der Waals surface area contributed by atoms with E-state index in [0.29, 0.717) is 21.5 Å². The number of hydrogen-bond acceptors (Lipinski definition) is 3. The molecule has 0 atom stereocenters. The van der Waals surface area contributed by atoms with Crippen LogP contribution in [0, 0.1) is 6.92 Å². The minimum Gasteiger partial charge on any atom is -0.484 e. The summed E-state index contributed by atoms with van der Waals surface area (Å²) < 4.78 is 5.34. The molecule has 1 heterocycles. The molecule has 0 radical (unpaired) electrons. The van der Waals surface area contributed by atoms with Gasteiger partial charge in [0.05, 0.1) is 10.0 Å². The number of amides is 1. The Balaban J connectivity index is 1.90. The Morgan fingerprint density at radius 2 is 2.05 bits per heavy atom. The molecule has 0 saturated heterocycles. The number of anilines is 1. The average Bonchev–Trinajstić information content (AvgIpc) is 2.40. The van der Waals surface area contributed by atoms with E-state index in [1.165, 1.54) is 0 Å². The molecule has 2 aromatic rings. The molecule has 6 heteroatoms. The minimum atomic E-state index is -0.262. The summed E-state index contributed by atoms with van der Waals surface area (Å²) in [6.07, 6.45) is 1.63. The zero-order valence-electron chi connectivity index (χ0n) is 10.7. The van der Waals surface area contributed by atoms with E-state index in [4.69, 9.17) is 27.9 Å². The monoisotopic (exact) mass is 310 g/mol. The van der Waals surface area contributed by atoms with Crippen LogP contribution in [0.25, 0.3) is 0 Å². The highest BCUT2D eigenvalue weighted by Gasteiger charge is 2.05. The van der Waals surface area contributed by atoms with Crippen molar-refractivity contribution in [1.29, 1.82) is 0 Å². The number of aryl methyl sites for hydroxylation is 1. The van der Waals surface area contributed by atoms with E-state index in [0.717, 1.165) is 5.69 Å². The third-order valence-corrected chi connectivity index (χ3v) is 3.18. The highest BCUT2D eigenvalue weighted by Crippen LogP contribution is 2.26. The average molecular weight is 311 g/mol. The van der Waals surface area contributed by atoms with Gasteiger partial charge in [0.1, 0.15) is 5.75 Å². The largest absolute Gasteiger partial charge is 0.484 e. The molecule has 4 nitrogen and oxygen atoms in total. The predicted molar refractivity (Wildman–Crippen MR) is 79.6 cm³/mol. The summed E-state index contributed by atoms with van der Waals surface area (Å²) in [5, 5.41) is 3.54. The predicted octanol–water partition coefficient (Wildman–Crippen LogP) is 3.71. The minimum absolute atomic E-state index is 0.112. The smallest absolute Gasteiger partial charge is 0.262 e. The first-order chi connectivity index (χ1) is 9.54. The van der Waals surface area contributed by atoms with Gasteiger partial charge in [-0.3, -0.25) is 9.78 Å². The van der Waals surface area contributed by atoms with Gasteiger partial charge in [-0.1, -0.05) is 23.2 Å². The van der Waals surface area contributed by atoms with Crippen molar-refractivity contribution in [3.63, 3.8) is 0 Å². The molecule has 20 heavy (non-hydrogen) atoms. The zero-order chi connectivity index (χ0) is 14.5. The number of rotatable bonds is 4. The summed E-state index contributed by atoms with van der Waals surface area (Å²) in [7, 11) is 0. The summed E-state index contributed by atoms with van der Waals surface area (Å²) in [6, 6.07) is 8.32. The van der Waals surface area contributed by atoms with Gasteiger partial charge in [0.25, 0.3) is 5.91 Å². The number of carbonyl (C=O) groups is 1. The fraction of sp³-hybridized carbons (Fsp3) is 0.143. The molecule has 0 aliphatic carbocycles. The third kappa shape index (κ3) is 4.11. The van der Waals surface area contributed by atoms with Gasteiger partial charge in [-0.05, 0) is 31.2 Å². The number of nitrogens with zero attached hydrogens (tertiary/aromatic N) is 1. The Morgan fingerprint density at radius 1 is 1.25 bits per heavy atom. The molecule has 0 spiro atoms. The molecular weight excluding hydrogens is 299 g/mol. The van der Waals surface area contributed by atoms with Crippen molar-refractivity contribution in [3.8, 4) is 5.75 Å². The summed E-state index contributed by atoms with van der Waals surface area (Å²) >= 11 is 11.6. The summed E-state index contributed by atoms with van der Waals surface area (Å²) in [6.45, 7) is 1.74. The van der Waals surface area contributed by atoms with E-state index in [2.05, 4.69) is 10.3 Å². The van der Waals surface area contributed by atoms with Crippen LogP contribution in [0.5, 0.6) is 5.75 Å². The van der Waals surface area contributed by atoms with Gasteiger partial charge in [-0.2, -0.15) is 0 Å². The van der Waals surface area contributed by atoms with Crippen molar-refractivity contribution in [2.45, 2.75) is 6.92 Å². The molecule has 1 N–H and O–H groups in total. The van der Waals surface area contributed by atoms with Crippen LogP contribution in [0.3, 0.4) is 0 Å². The SMILES string of the molecule is Cc1cc(NC(=O)COc2ccc(Cl)c(Cl)c2)ccn1. The molecule has 1 amide bonds. The maximum atomic E-state index is 11.7. The molecule has 1 aromatic heterocycles. The molecule has 0 unspecified atom stereocenters. The Kier molecular flexibility index (Phi) is 4.82. The van der Waals surface area contributed by atoms with Crippen LogP contribution >= 0.6 is 23.2 Å². The number of aromatic nitrogens is 1. The lowest BCUT2D eigenvalue weighted by Gasteiger charge is -2.08. The van der Waals surface area contributed by atoms with Crippen LogP contribution in [-0.2, 0) is 4.79 Å². The van der Waals surface area contributed by atoms with Crippen LogP contribution in [0.1, 0.15) is 5.69 Å². The van der Waals surface area contributed by atoms with Gasteiger partial charge < -0.3 is 10.1 Å². The Hall–Kier alpha value is -1.78. The van der Waals surface area contributed by atoms with Crippen molar-refractivity contribution < 1.29 is 9.53 Å². The van der Waals surface area contributed by atoms with Crippen molar-refractivity contribution in [2.24, 2.45) is 0 Å². The molecule has 104 valence electrons. The molecule has 1 aromatic carbocycles. The van der Waals surface area contributed by atoms with Gasteiger partial charge in [0.15, 0.2) is 6.61 Å². The van der Waals surface area contributed by atoms with Gasteiger partial charge in [0, 0.05) is 23.6 Å². The second-order valence-corrected chi connectivity index (χ2v) is 4.91. The van der Waals surface area contributed by atoms with E-state index in [1.807, 2.05) is 6.92 Å². The standard InChI is InChI=1S/C14H12Cl2N2O2/c1-9-6-10(4-5-17-9)18-14(19)8-20-11-2-3-12(15)13(16)7-11/h2-7H,8H2,1H3,(H,17,18,19). The molecule has 0 aliphatic heterocycles. The number of hydrogen-bond donors (Lipinski definition) is 1. The summed E-state index contributed by atoms with van der Waals surface area (Å²) in [5.74, 6) is 0.224. The van der Waals surface area contributed by atoms with E-state index >= 15 is 0 Å². The Morgan fingerprint density at radius 3 is 2.75 bits per heavy atom. The van der Waals surface area contributed by atoms with Crippen molar-refractivity contribution >= 4 is 34.8 Å². The van der Waals surface area contributed by atoms with Crippen LogP contribution in [0.4, 0.5) is 5.69 Å². The highest BCUT2D eigenvalue weighted by atomic mass is 35.5. The number of benzene rings is 1. The lowest BCUT2D eigenvalue weighted by atomic mass is 10.3. The van der Waals surface area contributed by atoms with Gasteiger partial charge in [-0.15, -0.1) is 0 Å². The van der Waals surface area contributed by atoms with E-state index in [9.17, 15) is 4.79 Å². The number of nitrogens with one attached hydrogen (secondary N) is 1. The fourth-order valence-corrected chi connectivity index (χ4v) is 1.82. The third-order valence-electron chi connectivity index (χ3n) is 2.44. The van der Waals surface area contributed by atoms with Crippen LogP contribution in [-0.4, -0.2) is 17.5 Å². The van der Waals surface area contributed by atoms with Crippen molar-refractivity contribution in [1.82, 2.24) is 4.98 Å². The lowest BCUT2D eigenvalue weighted by molar-refractivity contribution is -0.118. The topological polar surface area (TPSA) is 51.2 Å². The highest BCUT2D eigenvalue weighted by molar-refractivity contribution is 6.42. The summed E-state index contributed by atoms with van der Waals surface area (Å²) in [5.41, 5.74) is 1.51. The van der Waals surface area contributed by atoms with E-state index < -0.39 is 0 Å². The molecule has 0 saturated carbocycles.